The van der Waals surface area contributed by atoms with Gasteiger partial charge in [-0.15, -0.1) is 16.8 Å². The number of nitrogens with zero attached hydrogens (tertiary/aromatic N) is 2. The van der Waals surface area contributed by atoms with Crippen molar-refractivity contribution in [3.05, 3.63) is 29.8 Å². The Morgan fingerprint density at radius 1 is 1.37 bits per heavy atom. The molecule has 3 rings (SSSR count). The second-order valence-corrected chi connectivity index (χ2v) is 8.50. The van der Waals surface area contributed by atoms with Crippen molar-refractivity contribution >= 4 is 34.2 Å². The molecule has 1 aromatic carbocycles. The molecule has 1 amide bonds. The van der Waals surface area contributed by atoms with E-state index >= 15 is 0 Å². The summed E-state index contributed by atoms with van der Waals surface area (Å²) in [6.07, 6.45) is 3.39. The standard InChI is InChI=1S/C18H26N4O3S.ClH/c1-22(18-15-7-2-3-8-16(15)26(24,25)21-18)11-5-9-17(23)20-13-14-6-4-10-19-12-14;/h2-3,7-8,14,19H,4-6,9-13H2,1H3,(H,20,23);1H. The Kier molecular flexibility index (Phi) is 7.64. The summed E-state index contributed by atoms with van der Waals surface area (Å²) >= 11 is 0. The van der Waals surface area contributed by atoms with Crippen LogP contribution in [-0.4, -0.2) is 58.3 Å². The number of sulfonamides is 1. The van der Waals surface area contributed by atoms with Crippen LogP contribution in [0, 0.1) is 5.92 Å². The summed E-state index contributed by atoms with van der Waals surface area (Å²) < 4.78 is 28.1. The Labute approximate surface area is 167 Å². The van der Waals surface area contributed by atoms with E-state index in [-0.39, 0.29) is 23.2 Å². The second-order valence-electron chi connectivity index (χ2n) is 6.93. The normalized spacial score (nSPS) is 20.2. The molecule has 1 aromatic rings. The minimum atomic E-state index is -3.60. The maximum Gasteiger partial charge on any atom is 0.285 e. The zero-order chi connectivity index (χ0) is 18.6. The third-order valence-corrected chi connectivity index (χ3v) is 6.18. The molecule has 9 heteroatoms. The lowest BCUT2D eigenvalue weighted by Gasteiger charge is -2.23. The van der Waals surface area contributed by atoms with Gasteiger partial charge in [0.05, 0.1) is 0 Å². The minimum Gasteiger partial charge on any atom is -0.358 e. The summed E-state index contributed by atoms with van der Waals surface area (Å²) in [5.41, 5.74) is 0.629. The third-order valence-electron chi connectivity index (χ3n) is 4.86. The zero-order valence-electron chi connectivity index (χ0n) is 15.5. The molecule has 0 saturated carbocycles. The van der Waals surface area contributed by atoms with Crippen LogP contribution in [0.2, 0.25) is 0 Å². The predicted octanol–water partition coefficient (Wildman–Crippen LogP) is 1.39. The molecule has 2 aliphatic heterocycles. The van der Waals surface area contributed by atoms with E-state index in [0.29, 0.717) is 36.7 Å². The van der Waals surface area contributed by atoms with Crippen LogP contribution in [0.5, 0.6) is 0 Å². The van der Waals surface area contributed by atoms with Crippen molar-refractivity contribution in [3.8, 4) is 0 Å². The van der Waals surface area contributed by atoms with Crippen molar-refractivity contribution in [1.29, 1.82) is 0 Å². The molecule has 0 spiro atoms. The van der Waals surface area contributed by atoms with Crippen molar-refractivity contribution in [2.45, 2.75) is 30.6 Å². The van der Waals surface area contributed by atoms with Crippen molar-refractivity contribution in [2.75, 3.05) is 33.2 Å². The highest BCUT2D eigenvalue weighted by molar-refractivity contribution is 7.90. The number of hydrogen-bond donors (Lipinski definition) is 2. The fourth-order valence-electron chi connectivity index (χ4n) is 3.39. The van der Waals surface area contributed by atoms with Crippen molar-refractivity contribution in [1.82, 2.24) is 15.5 Å². The minimum absolute atomic E-state index is 0. The molecule has 0 aromatic heterocycles. The number of carbonyl (C=O) groups is 1. The van der Waals surface area contributed by atoms with E-state index < -0.39 is 10.0 Å². The first-order chi connectivity index (χ1) is 12.5. The van der Waals surface area contributed by atoms with Crippen LogP contribution in [0.4, 0.5) is 0 Å². The monoisotopic (exact) mass is 414 g/mol. The number of carbonyl (C=O) groups excluding carboxylic acids is 1. The fourth-order valence-corrected chi connectivity index (χ4v) is 4.64. The molecule has 2 aliphatic rings. The predicted molar refractivity (Wildman–Crippen MR) is 108 cm³/mol. The molecule has 0 aliphatic carbocycles. The zero-order valence-corrected chi connectivity index (χ0v) is 17.1. The van der Waals surface area contributed by atoms with Crippen molar-refractivity contribution < 1.29 is 13.2 Å². The van der Waals surface area contributed by atoms with Crippen LogP contribution in [0.15, 0.2) is 33.6 Å². The summed E-state index contributed by atoms with van der Waals surface area (Å²) in [5.74, 6) is 1.02. The highest BCUT2D eigenvalue weighted by Crippen LogP contribution is 2.26. The first-order valence-electron chi connectivity index (χ1n) is 9.10. The molecule has 27 heavy (non-hydrogen) atoms. The van der Waals surface area contributed by atoms with Crippen LogP contribution >= 0.6 is 12.4 Å². The van der Waals surface area contributed by atoms with Crippen LogP contribution in [0.1, 0.15) is 31.2 Å². The van der Waals surface area contributed by atoms with E-state index in [1.165, 1.54) is 0 Å². The number of hydrogen-bond acceptors (Lipinski definition) is 5. The number of halogens is 1. The highest BCUT2D eigenvalue weighted by atomic mass is 35.5. The first kappa shape index (κ1) is 21.7. The lowest BCUT2D eigenvalue weighted by Crippen LogP contribution is -2.38. The molecule has 1 unspecified atom stereocenters. The van der Waals surface area contributed by atoms with Gasteiger partial charge in [0, 0.05) is 32.1 Å². The number of fused-ring (bicyclic) bond motifs is 1. The van der Waals surface area contributed by atoms with Gasteiger partial charge in [0.15, 0.2) is 0 Å². The van der Waals surface area contributed by atoms with Gasteiger partial charge >= 0.3 is 0 Å². The summed E-state index contributed by atoms with van der Waals surface area (Å²) in [6, 6.07) is 6.83. The van der Waals surface area contributed by atoms with Gasteiger partial charge in [0.1, 0.15) is 10.7 Å². The van der Waals surface area contributed by atoms with Crippen molar-refractivity contribution in [2.24, 2.45) is 10.3 Å². The Bertz CT molecular complexity index is 792. The number of amides is 1. The van der Waals surface area contributed by atoms with Gasteiger partial charge in [-0.3, -0.25) is 4.79 Å². The van der Waals surface area contributed by atoms with Gasteiger partial charge in [-0.1, -0.05) is 12.1 Å². The average Bonchev–Trinajstić information content (AvgIpc) is 2.92. The largest absolute Gasteiger partial charge is 0.358 e. The molecule has 7 nitrogen and oxygen atoms in total. The van der Waals surface area contributed by atoms with Gasteiger partial charge in [0.25, 0.3) is 10.0 Å². The van der Waals surface area contributed by atoms with Gasteiger partial charge in [-0.05, 0) is 50.4 Å². The molecule has 1 fully saturated rings. The second kappa shape index (κ2) is 9.52. The van der Waals surface area contributed by atoms with Crippen LogP contribution in [-0.2, 0) is 14.8 Å². The van der Waals surface area contributed by atoms with E-state index in [1.54, 1.807) is 24.3 Å². The quantitative estimate of drug-likeness (QED) is 0.733. The number of piperidine rings is 1. The number of amidine groups is 1. The molecule has 1 saturated heterocycles. The van der Waals surface area contributed by atoms with Gasteiger partial charge < -0.3 is 15.5 Å². The molecule has 150 valence electrons. The molecule has 1 atom stereocenters. The van der Waals surface area contributed by atoms with E-state index in [2.05, 4.69) is 15.0 Å². The smallest absolute Gasteiger partial charge is 0.285 e. The Balaban J connectivity index is 0.00000261. The highest BCUT2D eigenvalue weighted by Gasteiger charge is 2.30. The lowest BCUT2D eigenvalue weighted by atomic mass is 10.00. The summed E-state index contributed by atoms with van der Waals surface area (Å²) in [5, 5.41) is 6.34. The van der Waals surface area contributed by atoms with Crippen molar-refractivity contribution in [3.63, 3.8) is 0 Å². The Morgan fingerprint density at radius 3 is 2.89 bits per heavy atom. The average molecular weight is 415 g/mol. The molecule has 2 N–H and O–H groups in total. The lowest BCUT2D eigenvalue weighted by molar-refractivity contribution is -0.121. The van der Waals surface area contributed by atoms with Crippen LogP contribution < -0.4 is 10.6 Å². The SMILES string of the molecule is CN(CCCC(=O)NCC1CCCNC1)C1=NS(=O)(=O)c2ccccc21.Cl. The summed E-state index contributed by atoms with van der Waals surface area (Å²) in [4.78, 5) is 14.1. The van der Waals surface area contributed by atoms with Gasteiger partial charge in [-0.2, -0.15) is 8.42 Å². The topological polar surface area (TPSA) is 90.9 Å². The Hall–Kier alpha value is -1.64. The molecular formula is C18H27ClN4O3S. The van der Waals surface area contributed by atoms with Gasteiger partial charge in [0.2, 0.25) is 5.91 Å². The fraction of sp³-hybridized carbons (Fsp3) is 0.556. The van der Waals surface area contributed by atoms with E-state index in [4.69, 9.17) is 0 Å². The molecular weight excluding hydrogens is 388 g/mol. The third kappa shape index (κ3) is 5.43. The Morgan fingerprint density at radius 2 is 2.15 bits per heavy atom. The van der Waals surface area contributed by atoms with E-state index in [9.17, 15) is 13.2 Å². The maximum atomic E-state index is 12.1. The number of rotatable bonds is 6. The summed E-state index contributed by atoms with van der Waals surface area (Å²) in [6.45, 7) is 3.33. The summed E-state index contributed by atoms with van der Waals surface area (Å²) in [7, 11) is -1.79. The molecule has 0 bridgehead atoms. The number of benzene rings is 1. The van der Waals surface area contributed by atoms with E-state index in [0.717, 1.165) is 32.5 Å². The maximum absolute atomic E-state index is 12.1. The van der Waals surface area contributed by atoms with Crippen LogP contribution in [0.25, 0.3) is 0 Å². The molecule has 0 radical (unpaired) electrons. The van der Waals surface area contributed by atoms with E-state index in [1.807, 2.05) is 11.9 Å². The number of nitrogens with one attached hydrogen (secondary N) is 2. The van der Waals surface area contributed by atoms with Gasteiger partial charge in [-0.25, -0.2) is 0 Å². The molecule has 2 heterocycles. The van der Waals surface area contributed by atoms with Crippen LogP contribution in [0.3, 0.4) is 0 Å². The first-order valence-corrected chi connectivity index (χ1v) is 10.5.